The number of anilines is 1. The normalized spacial score (nSPS) is 15.2. The number of benzene rings is 1. The maximum Gasteiger partial charge on any atom is 0.253 e. The van der Waals surface area contributed by atoms with Gasteiger partial charge >= 0.3 is 0 Å². The van der Waals surface area contributed by atoms with E-state index in [2.05, 4.69) is 10.3 Å². The molecular weight excluding hydrogens is 320 g/mol. The summed E-state index contributed by atoms with van der Waals surface area (Å²) in [4.78, 5) is 30.6. The highest BCUT2D eigenvalue weighted by atomic mass is 16.5. The van der Waals surface area contributed by atoms with Crippen LogP contribution in [0.2, 0.25) is 0 Å². The van der Waals surface area contributed by atoms with E-state index in [1.807, 2.05) is 19.0 Å². The lowest BCUT2D eigenvalue weighted by molar-refractivity contribution is -0.117. The van der Waals surface area contributed by atoms with Gasteiger partial charge < -0.3 is 15.0 Å². The monoisotopic (exact) mass is 340 g/mol. The number of carbonyl (C=O) groups is 1. The molecule has 7 nitrogen and oxygen atoms in total. The van der Waals surface area contributed by atoms with Crippen molar-refractivity contribution >= 4 is 23.6 Å². The number of amides is 1. The lowest BCUT2D eigenvalue weighted by Gasteiger charge is -2.14. The molecule has 7 heteroatoms. The fourth-order valence-corrected chi connectivity index (χ4v) is 2.47. The molecule has 130 valence electrons. The second-order valence-corrected chi connectivity index (χ2v) is 5.98. The predicted molar refractivity (Wildman–Crippen MR) is 97.0 cm³/mol. The molecule has 1 unspecified atom stereocenters. The van der Waals surface area contributed by atoms with Crippen molar-refractivity contribution in [3.05, 3.63) is 52.8 Å². The Labute approximate surface area is 145 Å². The van der Waals surface area contributed by atoms with Crippen LogP contribution in [0.3, 0.4) is 0 Å². The van der Waals surface area contributed by atoms with Crippen LogP contribution in [-0.4, -0.2) is 48.8 Å². The largest absolute Gasteiger partial charge is 0.492 e. The van der Waals surface area contributed by atoms with E-state index in [1.165, 1.54) is 16.8 Å². The molecule has 1 amide bonds. The van der Waals surface area contributed by atoms with Crippen LogP contribution in [0, 0.1) is 0 Å². The molecule has 0 bridgehead atoms. The Bertz CT molecular complexity index is 840. The summed E-state index contributed by atoms with van der Waals surface area (Å²) < 4.78 is 6.99. The fraction of sp³-hybridized carbons (Fsp3) is 0.278. The van der Waals surface area contributed by atoms with Crippen LogP contribution in [0.25, 0.3) is 0 Å². The molecule has 0 saturated heterocycles. The zero-order chi connectivity index (χ0) is 17.8. The lowest BCUT2D eigenvalue weighted by Crippen LogP contribution is -2.31. The molecule has 0 saturated carbocycles. The Hall–Kier alpha value is -2.93. The van der Waals surface area contributed by atoms with E-state index < -0.39 is 6.04 Å². The van der Waals surface area contributed by atoms with E-state index in [-0.39, 0.29) is 11.5 Å². The molecular formula is C18H20N4O3. The minimum Gasteiger partial charge on any atom is -0.492 e. The van der Waals surface area contributed by atoms with Gasteiger partial charge in [0, 0.05) is 24.5 Å². The first kappa shape index (κ1) is 16.9. The van der Waals surface area contributed by atoms with Gasteiger partial charge in [0.2, 0.25) is 0 Å². The van der Waals surface area contributed by atoms with E-state index in [4.69, 9.17) is 4.74 Å². The molecule has 1 aliphatic heterocycles. The van der Waals surface area contributed by atoms with Crippen molar-refractivity contribution in [3.8, 4) is 5.75 Å². The molecule has 25 heavy (non-hydrogen) atoms. The van der Waals surface area contributed by atoms with E-state index in [0.29, 0.717) is 18.1 Å². The number of nitrogens with zero attached hydrogens (tertiary/aromatic N) is 3. The summed E-state index contributed by atoms with van der Waals surface area (Å²) in [5.41, 5.74) is 0.385. The first-order chi connectivity index (χ1) is 12.0. The quantitative estimate of drug-likeness (QED) is 0.868. The van der Waals surface area contributed by atoms with Gasteiger partial charge in [-0.3, -0.25) is 14.2 Å². The van der Waals surface area contributed by atoms with Gasteiger partial charge in [-0.25, -0.2) is 4.99 Å². The third-order valence-corrected chi connectivity index (χ3v) is 3.79. The Balaban J connectivity index is 1.63. The third kappa shape index (κ3) is 3.95. The van der Waals surface area contributed by atoms with Crippen LogP contribution in [0.15, 0.2) is 52.3 Å². The fourth-order valence-electron chi connectivity index (χ4n) is 2.47. The Morgan fingerprint density at radius 1 is 1.24 bits per heavy atom. The number of aliphatic imine (C=N–C) groups is 1. The number of carbonyl (C=O) groups excluding carboxylic acids is 1. The predicted octanol–water partition coefficient (Wildman–Crippen LogP) is 1.68. The molecule has 0 radical (unpaired) electrons. The zero-order valence-corrected chi connectivity index (χ0v) is 14.2. The average molecular weight is 340 g/mol. The van der Waals surface area contributed by atoms with E-state index in [9.17, 15) is 9.59 Å². The Kier molecular flexibility index (Phi) is 4.95. The van der Waals surface area contributed by atoms with Crippen molar-refractivity contribution in [1.82, 2.24) is 9.47 Å². The molecule has 1 N–H and O–H groups in total. The number of fused-ring (bicyclic) bond motifs is 1. The van der Waals surface area contributed by atoms with Gasteiger partial charge in [-0.15, -0.1) is 0 Å². The van der Waals surface area contributed by atoms with Crippen molar-refractivity contribution in [2.45, 2.75) is 6.04 Å². The highest BCUT2D eigenvalue weighted by molar-refractivity contribution is 6.05. The minimum absolute atomic E-state index is 0.250. The molecule has 1 aliphatic rings. The van der Waals surface area contributed by atoms with Gasteiger partial charge in [-0.05, 0) is 44.4 Å². The molecule has 2 heterocycles. The van der Waals surface area contributed by atoms with Crippen LogP contribution in [0.5, 0.6) is 5.75 Å². The van der Waals surface area contributed by atoms with E-state index >= 15 is 0 Å². The first-order valence-corrected chi connectivity index (χ1v) is 7.99. The number of aromatic nitrogens is 1. The summed E-state index contributed by atoms with van der Waals surface area (Å²) in [6.07, 6.45) is 1.48. The highest BCUT2D eigenvalue weighted by Gasteiger charge is 2.25. The number of ether oxygens (including phenoxy) is 1. The standard InChI is InChI=1S/C18H20N4O3/c1-21(2)10-11-25-14-8-6-13(7-9-14)20-18(24)15-12-19-16-4-3-5-17(23)22(15)16/h3-9,12,15H,10-11H2,1-2H3,(H,20,24). The maximum absolute atomic E-state index is 12.5. The van der Waals surface area contributed by atoms with E-state index in [1.54, 1.807) is 36.4 Å². The Morgan fingerprint density at radius 2 is 2.00 bits per heavy atom. The van der Waals surface area contributed by atoms with Gasteiger partial charge in [0.25, 0.3) is 11.5 Å². The summed E-state index contributed by atoms with van der Waals surface area (Å²) in [6.45, 7) is 1.42. The highest BCUT2D eigenvalue weighted by Crippen LogP contribution is 2.23. The van der Waals surface area contributed by atoms with Gasteiger partial charge in [-0.2, -0.15) is 0 Å². The number of nitrogens with one attached hydrogen (secondary N) is 1. The molecule has 0 aliphatic carbocycles. The molecule has 1 aromatic carbocycles. The molecule has 0 spiro atoms. The van der Waals surface area contributed by atoms with Crippen LogP contribution in [0.1, 0.15) is 6.04 Å². The number of hydrogen-bond acceptors (Lipinski definition) is 5. The zero-order valence-electron chi connectivity index (χ0n) is 14.2. The maximum atomic E-state index is 12.5. The van der Waals surface area contributed by atoms with Crippen LogP contribution >= 0.6 is 0 Å². The summed E-state index contributed by atoms with van der Waals surface area (Å²) in [5, 5.41) is 2.80. The van der Waals surface area contributed by atoms with Crippen molar-refractivity contribution in [3.63, 3.8) is 0 Å². The second kappa shape index (κ2) is 7.31. The third-order valence-electron chi connectivity index (χ3n) is 3.79. The van der Waals surface area contributed by atoms with Gasteiger partial charge in [0.15, 0.2) is 6.04 Å². The van der Waals surface area contributed by atoms with Crippen molar-refractivity contribution < 1.29 is 9.53 Å². The van der Waals surface area contributed by atoms with Crippen LogP contribution in [-0.2, 0) is 4.79 Å². The molecule has 3 rings (SSSR count). The average Bonchev–Trinajstić information content (AvgIpc) is 3.02. The SMILES string of the molecule is CN(C)CCOc1ccc(NC(=O)C2C=Nc3cccc(=O)n32)cc1. The molecule has 0 fully saturated rings. The van der Waals surface area contributed by atoms with E-state index in [0.717, 1.165) is 12.3 Å². The first-order valence-electron chi connectivity index (χ1n) is 7.99. The second-order valence-electron chi connectivity index (χ2n) is 5.98. The molecule has 1 atom stereocenters. The summed E-state index contributed by atoms with van der Waals surface area (Å²) in [5.74, 6) is 0.915. The number of likely N-dealkylation sites (N-methyl/N-ethyl adjacent to an activating group) is 1. The topological polar surface area (TPSA) is 75.9 Å². The van der Waals surface area contributed by atoms with Crippen molar-refractivity contribution in [1.29, 1.82) is 0 Å². The van der Waals surface area contributed by atoms with Gasteiger partial charge in [-0.1, -0.05) is 6.07 Å². The smallest absolute Gasteiger partial charge is 0.253 e. The van der Waals surface area contributed by atoms with Crippen LogP contribution < -0.4 is 15.6 Å². The summed E-state index contributed by atoms with van der Waals surface area (Å²) >= 11 is 0. The number of rotatable bonds is 6. The van der Waals surface area contributed by atoms with Crippen molar-refractivity contribution in [2.24, 2.45) is 4.99 Å². The molecule has 2 aromatic rings. The minimum atomic E-state index is -0.736. The molecule has 1 aromatic heterocycles. The van der Waals surface area contributed by atoms with Gasteiger partial charge in [0.1, 0.15) is 18.2 Å². The number of pyridine rings is 1. The van der Waals surface area contributed by atoms with Crippen molar-refractivity contribution in [2.75, 3.05) is 32.6 Å². The van der Waals surface area contributed by atoms with Gasteiger partial charge in [0.05, 0.1) is 0 Å². The summed E-state index contributed by atoms with van der Waals surface area (Å²) in [6, 6.07) is 11.1. The lowest BCUT2D eigenvalue weighted by atomic mass is 10.2. The summed E-state index contributed by atoms with van der Waals surface area (Å²) in [7, 11) is 3.97. The van der Waals surface area contributed by atoms with Crippen LogP contribution in [0.4, 0.5) is 11.5 Å². The Morgan fingerprint density at radius 3 is 2.72 bits per heavy atom. The number of hydrogen-bond donors (Lipinski definition) is 1.